The molecule has 0 saturated heterocycles. The SMILES string of the molecule is CN=C(NCCS(=O)(=O)c1ccc(Cl)cc1)NC1CCCCC1. The summed E-state index contributed by atoms with van der Waals surface area (Å²) in [5, 5.41) is 6.98. The molecular weight excluding hydrogens is 334 g/mol. The fourth-order valence-corrected chi connectivity index (χ4v) is 3.98. The Morgan fingerprint density at radius 3 is 2.48 bits per heavy atom. The zero-order valence-electron chi connectivity index (χ0n) is 13.4. The molecule has 1 saturated carbocycles. The molecule has 1 fully saturated rings. The number of nitrogens with one attached hydrogen (secondary N) is 2. The van der Waals surface area contributed by atoms with E-state index in [1.165, 1.54) is 31.4 Å². The number of aliphatic imine (C=N–C) groups is 1. The largest absolute Gasteiger partial charge is 0.355 e. The first-order chi connectivity index (χ1) is 11.0. The van der Waals surface area contributed by atoms with Crippen molar-refractivity contribution in [2.45, 2.75) is 43.0 Å². The Labute approximate surface area is 143 Å². The highest BCUT2D eigenvalue weighted by molar-refractivity contribution is 7.91. The number of hydrogen-bond acceptors (Lipinski definition) is 3. The van der Waals surface area contributed by atoms with E-state index in [0.29, 0.717) is 28.5 Å². The van der Waals surface area contributed by atoms with Gasteiger partial charge in [0.1, 0.15) is 0 Å². The van der Waals surface area contributed by atoms with Gasteiger partial charge in [0, 0.05) is 24.7 Å². The number of halogens is 1. The second kappa shape index (κ2) is 8.55. The predicted molar refractivity (Wildman–Crippen MR) is 94.9 cm³/mol. The van der Waals surface area contributed by atoms with Crippen molar-refractivity contribution in [3.63, 3.8) is 0 Å². The van der Waals surface area contributed by atoms with Gasteiger partial charge in [0.15, 0.2) is 15.8 Å². The first-order valence-electron chi connectivity index (χ1n) is 7.97. The minimum absolute atomic E-state index is 0.0139. The molecule has 1 aromatic rings. The third-order valence-corrected chi connectivity index (χ3v) is 5.99. The average Bonchev–Trinajstić information content (AvgIpc) is 2.55. The summed E-state index contributed by atoms with van der Waals surface area (Å²) in [6.45, 7) is 0.317. The van der Waals surface area contributed by atoms with Gasteiger partial charge in [-0.25, -0.2) is 8.42 Å². The van der Waals surface area contributed by atoms with Crippen LogP contribution in [0.4, 0.5) is 0 Å². The van der Waals surface area contributed by atoms with Crippen LogP contribution >= 0.6 is 11.6 Å². The smallest absolute Gasteiger partial charge is 0.191 e. The van der Waals surface area contributed by atoms with E-state index in [1.807, 2.05) is 0 Å². The van der Waals surface area contributed by atoms with E-state index in [1.54, 1.807) is 19.2 Å². The lowest BCUT2D eigenvalue weighted by Gasteiger charge is -2.24. The van der Waals surface area contributed by atoms with Crippen molar-refractivity contribution in [2.24, 2.45) is 4.99 Å². The van der Waals surface area contributed by atoms with Crippen LogP contribution in [0.25, 0.3) is 0 Å². The Bertz CT molecular complexity index is 623. The highest BCUT2D eigenvalue weighted by atomic mass is 35.5. The third-order valence-electron chi connectivity index (χ3n) is 4.01. The Balaban J connectivity index is 1.83. The fraction of sp³-hybridized carbons (Fsp3) is 0.562. The maximum Gasteiger partial charge on any atom is 0.191 e. The van der Waals surface area contributed by atoms with Crippen LogP contribution < -0.4 is 10.6 Å². The monoisotopic (exact) mass is 357 g/mol. The van der Waals surface area contributed by atoms with Crippen LogP contribution in [-0.4, -0.2) is 39.8 Å². The van der Waals surface area contributed by atoms with E-state index in [-0.39, 0.29) is 5.75 Å². The molecule has 0 aromatic heterocycles. The molecule has 0 unspecified atom stereocenters. The molecule has 0 heterocycles. The van der Waals surface area contributed by atoms with Gasteiger partial charge in [0.2, 0.25) is 0 Å². The average molecular weight is 358 g/mol. The molecule has 2 N–H and O–H groups in total. The molecule has 0 radical (unpaired) electrons. The van der Waals surface area contributed by atoms with Gasteiger partial charge >= 0.3 is 0 Å². The lowest BCUT2D eigenvalue weighted by atomic mass is 9.96. The van der Waals surface area contributed by atoms with Crippen LogP contribution in [0.15, 0.2) is 34.2 Å². The molecule has 23 heavy (non-hydrogen) atoms. The first kappa shape index (κ1) is 18.1. The topological polar surface area (TPSA) is 70.6 Å². The van der Waals surface area contributed by atoms with Crippen molar-refractivity contribution in [3.8, 4) is 0 Å². The number of nitrogens with zero attached hydrogens (tertiary/aromatic N) is 1. The highest BCUT2D eigenvalue weighted by Crippen LogP contribution is 2.17. The first-order valence-corrected chi connectivity index (χ1v) is 10.00. The summed E-state index contributed by atoms with van der Waals surface area (Å²) in [5.74, 6) is 0.684. The van der Waals surface area contributed by atoms with Crippen LogP contribution in [0.2, 0.25) is 5.02 Å². The van der Waals surface area contributed by atoms with Crippen LogP contribution in [0.1, 0.15) is 32.1 Å². The van der Waals surface area contributed by atoms with Crippen molar-refractivity contribution in [2.75, 3.05) is 19.3 Å². The van der Waals surface area contributed by atoms with Gasteiger partial charge in [0.25, 0.3) is 0 Å². The normalized spacial score (nSPS) is 17.0. The molecule has 7 heteroatoms. The molecule has 5 nitrogen and oxygen atoms in total. The van der Waals surface area contributed by atoms with Gasteiger partial charge in [-0.1, -0.05) is 30.9 Å². The molecule has 0 aliphatic heterocycles. The number of rotatable bonds is 5. The minimum atomic E-state index is -3.32. The summed E-state index contributed by atoms with van der Waals surface area (Å²) in [6, 6.07) is 6.68. The zero-order valence-corrected chi connectivity index (χ0v) is 15.0. The summed E-state index contributed by atoms with van der Waals surface area (Å²) in [4.78, 5) is 4.46. The highest BCUT2D eigenvalue weighted by Gasteiger charge is 2.16. The Hall–Kier alpha value is -1.27. The zero-order chi connectivity index (χ0) is 16.7. The summed E-state index contributed by atoms with van der Waals surface area (Å²) >= 11 is 5.79. The van der Waals surface area contributed by atoms with Crippen LogP contribution in [-0.2, 0) is 9.84 Å². The molecule has 0 spiro atoms. The molecule has 0 bridgehead atoms. The maximum atomic E-state index is 12.3. The van der Waals surface area contributed by atoms with Crippen molar-refractivity contribution in [1.82, 2.24) is 10.6 Å². The Morgan fingerprint density at radius 1 is 1.22 bits per heavy atom. The van der Waals surface area contributed by atoms with Gasteiger partial charge < -0.3 is 10.6 Å². The van der Waals surface area contributed by atoms with E-state index < -0.39 is 9.84 Å². The number of benzene rings is 1. The van der Waals surface area contributed by atoms with Crippen LogP contribution in [0.3, 0.4) is 0 Å². The lowest BCUT2D eigenvalue weighted by Crippen LogP contribution is -2.45. The molecule has 0 amide bonds. The quantitative estimate of drug-likeness (QED) is 0.627. The van der Waals surface area contributed by atoms with Crippen LogP contribution in [0.5, 0.6) is 0 Å². The van der Waals surface area contributed by atoms with Gasteiger partial charge in [-0.2, -0.15) is 0 Å². The fourth-order valence-electron chi connectivity index (χ4n) is 2.70. The van der Waals surface area contributed by atoms with Gasteiger partial charge in [-0.3, -0.25) is 4.99 Å². The van der Waals surface area contributed by atoms with E-state index in [4.69, 9.17) is 11.6 Å². The molecule has 1 aliphatic rings. The Kier molecular flexibility index (Phi) is 6.72. The molecule has 0 atom stereocenters. The third kappa shape index (κ3) is 5.70. The Morgan fingerprint density at radius 2 is 1.87 bits per heavy atom. The minimum Gasteiger partial charge on any atom is -0.355 e. The van der Waals surface area contributed by atoms with Crippen LogP contribution in [0, 0.1) is 0 Å². The van der Waals surface area contributed by atoms with E-state index in [0.717, 1.165) is 12.8 Å². The predicted octanol–water partition coefficient (Wildman–Crippen LogP) is 2.61. The summed E-state index contributed by atoms with van der Waals surface area (Å²) in [7, 11) is -1.62. The summed E-state index contributed by atoms with van der Waals surface area (Å²) in [6.07, 6.45) is 6.05. The number of hydrogen-bond donors (Lipinski definition) is 2. The molecule has 1 aromatic carbocycles. The van der Waals surface area contributed by atoms with Gasteiger partial charge in [0.05, 0.1) is 10.6 Å². The van der Waals surface area contributed by atoms with Crippen molar-refractivity contribution >= 4 is 27.4 Å². The molecule has 128 valence electrons. The van der Waals surface area contributed by atoms with E-state index >= 15 is 0 Å². The maximum absolute atomic E-state index is 12.3. The second-order valence-corrected chi connectivity index (χ2v) is 8.30. The number of sulfone groups is 1. The van der Waals surface area contributed by atoms with Crippen molar-refractivity contribution in [1.29, 1.82) is 0 Å². The van der Waals surface area contributed by atoms with E-state index in [9.17, 15) is 8.42 Å². The number of guanidine groups is 1. The van der Waals surface area contributed by atoms with Crippen molar-refractivity contribution in [3.05, 3.63) is 29.3 Å². The van der Waals surface area contributed by atoms with E-state index in [2.05, 4.69) is 15.6 Å². The van der Waals surface area contributed by atoms with Crippen molar-refractivity contribution < 1.29 is 8.42 Å². The molecule has 2 rings (SSSR count). The molecular formula is C16H24ClN3O2S. The summed E-state index contributed by atoms with van der Waals surface area (Å²) in [5.41, 5.74) is 0. The van der Waals surface area contributed by atoms with Gasteiger partial charge in [-0.05, 0) is 37.1 Å². The second-order valence-electron chi connectivity index (χ2n) is 5.75. The molecule has 1 aliphatic carbocycles. The van der Waals surface area contributed by atoms with Gasteiger partial charge in [-0.15, -0.1) is 0 Å². The summed E-state index contributed by atoms with van der Waals surface area (Å²) < 4.78 is 24.5. The standard InChI is InChI=1S/C16H24ClN3O2S/c1-18-16(20-14-5-3-2-4-6-14)19-11-12-23(21,22)15-9-7-13(17)8-10-15/h7-10,14H,2-6,11-12H2,1H3,(H2,18,19,20). The lowest BCUT2D eigenvalue weighted by molar-refractivity contribution is 0.410.